The van der Waals surface area contributed by atoms with Crippen molar-refractivity contribution in [3.8, 4) is 6.07 Å². The topological polar surface area (TPSA) is 124 Å². The van der Waals surface area contributed by atoms with E-state index in [1.165, 1.54) is 26.2 Å². The van der Waals surface area contributed by atoms with E-state index in [1.807, 2.05) is 0 Å². The first-order valence-electron chi connectivity index (χ1n) is 10.3. The average molecular weight is 455 g/mol. The van der Waals surface area contributed by atoms with E-state index in [0.29, 0.717) is 34.7 Å². The lowest BCUT2D eigenvalue weighted by Gasteiger charge is -2.17. The number of pyridine rings is 1. The molecule has 9 nitrogen and oxygen atoms in total. The first-order valence-corrected chi connectivity index (χ1v) is 11.8. The summed E-state index contributed by atoms with van der Waals surface area (Å²) < 4.78 is 27.5. The molecule has 1 aliphatic rings. The number of aromatic amines is 1. The van der Waals surface area contributed by atoms with Gasteiger partial charge in [0.05, 0.1) is 28.9 Å². The van der Waals surface area contributed by atoms with E-state index in [0.717, 1.165) is 10.7 Å². The third-order valence-corrected chi connectivity index (χ3v) is 8.02. The molecule has 168 valence electrons. The number of nitrogens with zero attached hydrogens (tertiary/aromatic N) is 4. The second-order valence-corrected chi connectivity index (χ2v) is 11.2. The monoisotopic (exact) mass is 454 g/mol. The second kappa shape index (κ2) is 7.76. The fourth-order valence-electron chi connectivity index (χ4n) is 4.15. The number of rotatable bonds is 7. The minimum Gasteiger partial charge on any atom is -0.338 e. The first-order chi connectivity index (χ1) is 15.1. The molecule has 4 rings (SSSR count). The Kier molecular flexibility index (Phi) is 5.35. The zero-order chi connectivity index (χ0) is 23.3. The lowest BCUT2D eigenvalue weighted by atomic mass is 10.0. The number of aromatic nitrogens is 3. The van der Waals surface area contributed by atoms with Crippen LogP contribution in [0.15, 0.2) is 46.2 Å². The van der Waals surface area contributed by atoms with Crippen LogP contribution in [-0.4, -0.2) is 41.6 Å². The van der Waals surface area contributed by atoms with E-state index in [2.05, 4.69) is 30.2 Å². The summed E-state index contributed by atoms with van der Waals surface area (Å²) in [5.41, 5.74) is 1.10. The smallest absolute Gasteiger partial charge is 0.261 e. The van der Waals surface area contributed by atoms with Crippen molar-refractivity contribution in [3.05, 3.63) is 46.9 Å². The Bertz CT molecular complexity index is 1360. The summed E-state index contributed by atoms with van der Waals surface area (Å²) in [6.45, 7) is 4.34. The summed E-state index contributed by atoms with van der Waals surface area (Å²) in [4.78, 5) is 15.5. The molecule has 2 heterocycles. The maximum atomic E-state index is 12.7. The van der Waals surface area contributed by atoms with Gasteiger partial charge in [-0.2, -0.15) is 10.4 Å². The van der Waals surface area contributed by atoms with E-state index in [9.17, 15) is 18.5 Å². The maximum Gasteiger partial charge on any atom is 0.261 e. The molecule has 2 atom stereocenters. The third-order valence-electron chi connectivity index (χ3n) is 6.19. The summed E-state index contributed by atoms with van der Waals surface area (Å²) in [7, 11) is -0.580. The highest BCUT2D eigenvalue weighted by molar-refractivity contribution is 7.89. The van der Waals surface area contributed by atoms with Gasteiger partial charge in [-0.1, -0.05) is 13.8 Å². The van der Waals surface area contributed by atoms with Gasteiger partial charge in [0, 0.05) is 26.0 Å². The maximum absolute atomic E-state index is 12.7. The highest BCUT2D eigenvalue weighted by Gasteiger charge is 2.51. The number of nitrogens with one attached hydrogen (secondary N) is 2. The number of sulfonamides is 1. The van der Waals surface area contributed by atoms with Gasteiger partial charge in [-0.05, 0) is 48.1 Å². The fraction of sp³-hybridized carbons (Fsp3) is 0.409. The van der Waals surface area contributed by atoms with Gasteiger partial charge >= 0.3 is 0 Å². The summed E-state index contributed by atoms with van der Waals surface area (Å²) in [5.74, 6) is 0.666. The van der Waals surface area contributed by atoms with E-state index in [1.54, 1.807) is 29.1 Å². The van der Waals surface area contributed by atoms with E-state index in [-0.39, 0.29) is 21.9 Å². The molecule has 2 aromatic heterocycles. The molecule has 0 aliphatic heterocycles. The standard InChI is InChI=1S/C22H26N6O3S/c1-22(2)13-16(22)17(9-11-23)28-18-10-12-24-21(29)19(18)20(26-28)25-14-5-7-15(8-6-14)32(30,31)27(3)4/h5-8,10,12,16-17H,9,13H2,1-4H3,(H,24,29)(H,25,26)/t16-,17-/m1/s1. The molecule has 0 amide bonds. The highest BCUT2D eigenvalue weighted by Crippen LogP contribution is 2.58. The average Bonchev–Trinajstić information content (AvgIpc) is 3.21. The minimum absolute atomic E-state index is 0.127. The predicted molar refractivity (Wildman–Crippen MR) is 122 cm³/mol. The molecule has 0 spiro atoms. The summed E-state index contributed by atoms with van der Waals surface area (Å²) in [6.07, 6.45) is 2.87. The normalized spacial score (nSPS) is 18.4. The predicted octanol–water partition coefficient (Wildman–Crippen LogP) is 3.22. The number of hydrogen-bond acceptors (Lipinski definition) is 6. The van der Waals surface area contributed by atoms with Crippen LogP contribution in [-0.2, 0) is 10.0 Å². The van der Waals surface area contributed by atoms with Gasteiger partial charge in [0.15, 0.2) is 5.82 Å². The van der Waals surface area contributed by atoms with Crippen molar-refractivity contribution in [2.75, 3.05) is 19.4 Å². The number of hydrogen-bond donors (Lipinski definition) is 2. The molecule has 2 N–H and O–H groups in total. The van der Waals surface area contributed by atoms with Crippen LogP contribution in [0.25, 0.3) is 10.9 Å². The Morgan fingerprint density at radius 3 is 2.53 bits per heavy atom. The number of H-pyrrole nitrogens is 1. The van der Waals surface area contributed by atoms with Crippen molar-refractivity contribution in [2.24, 2.45) is 11.3 Å². The number of benzene rings is 1. The van der Waals surface area contributed by atoms with Gasteiger partial charge in [0.2, 0.25) is 10.0 Å². The zero-order valence-electron chi connectivity index (χ0n) is 18.5. The van der Waals surface area contributed by atoms with Gasteiger partial charge in [0.25, 0.3) is 5.56 Å². The molecule has 32 heavy (non-hydrogen) atoms. The Balaban J connectivity index is 1.74. The summed E-state index contributed by atoms with van der Waals surface area (Å²) in [6, 6.07) is 10.2. The lowest BCUT2D eigenvalue weighted by molar-refractivity contribution is 0.371. The molecule has 0 radical (unpaired) electrons. The third kappa shape index (κ3) is 3.78. The van der Waals surface area contributed by atoms with Crippen molar-refractivity contribution in [1.29, 1.82) is 5.26 Å². The molecule has 1 saturated carbocycles. The molecule has 3 aromatic rings. The zero-order valence-corrected chi connectivity index (χ0v) is 19.3. The summed E-state index contributed by atoms with van der Waals surface area (Å²) >= 11 is 0. The summed E-state index contributed by atoms with van der Waals surface area (Å²) in [5, 5.41) is 17.7. The van der Waals surface area contributed by atoms with Crippen molar-refractivity contribution < 1.29 is 8.42 Å². The Labute approximate surface area is 186 Å². The fourth-order valence-corrected chi connectivity index (χ4v) is 5.06. The van der Waals surface area contributed by atoms with Gasteiger partial charge in [-0.3, -0.25) is 9.48 Å². The van der Waals surface area contributed by atoms with Crippen molar-refractivity contribution in [3.63, 3.8) is 0 Å². The largest absolute Gasteiger partial charge is 0.338 e. The van der Waals surface area contributed by atoms with Crippen LogP contribution in [0, 0.1) is 22.7 Å². The van der Waals surface area contributed by atoms with Crippen molar-refractivity contribution >= 4 is 32.4 Å². The highest BCUT2D eigenvalue weighted by atomic mass is 32.2. The van der Waals surface area contributed by atoms with E-state index >= 15 is 0 Å². The SMILES string of the molecule is CN(C)S(=O)(=O)c1ccc(Nc2nn([C@H](CC#N)[C@H]3CC3(C)C)c3cc[nH]c(=O)c23)cc1. The Morgan fingerprint density at radius 1 is 1.31 bits per heavy atom. The number of fused-ring (bicyclic) bond motifs is 1. The second-order valence-electron chi connectivity index (χ2n) is 9.03. The molecule has 1 fully saturated rings. The van der Waals surface area contributed by atoms with E-state index in [4.69, 9.17) is 5.10 Å². The van der Waals surface area contributed by atoms with E-state index < -0.39 is 10.0 Å². The van der Waals surface area contributed by atoms with Gasteiger partial charge in [-0.15, -0.1) is 0 Å². The van der Waals surface area contributed by atoms with Crippen LogP contribution >= 0.6 is 0 Å². The van der Waals surface area contributed by atoms with Gasteiger partial charge < -0.3 is 10.3 Å². The Hall–Kier alpha value is -3.16. The van der Waals surface area contributed by atoms with Gasteiger partial charge in [-0.25, -0.2) is 12.7 Å². The van der Waals surface area contributed by atoms with Crippen LogP contribution in [0.2, 0.25) is 0 Å². The molecule has 1 aromatic carbocycles. The van der Waals surface area contributed by atoms with Gasteiger partial charge in [0.1, 0.15) is 5.39 Å². The molecule has 10 heteroatoms. The molecule has 0 bridgehead atoms. The quantitative estimate of drug-likeness (QED) is 0.565. The van der Waals surface area contributed by atoms with Crippen molar-refractivity contribution in [1.82, 2.24) is 19.1 Å². The van der Waals surface area contributed by atoms with Crippen LogP contribution in [0.1, 0.15) is 32.7 Å². The van der Waals surface area contributed by atoms with Crippen LogP contribution in [0.5, 0.6) is 0 Å². The van der Waals surface area contributed by atoms with Crippen molar-refractivity contribution in [2.45, 2.75) is 37.6 Å². The Morgan fingerprint density at radius 2 is 1.97 bits per heavy atom. The first kappa shape index (κ1) is 22.0. The van der Waals surface area contributed by atoms with Crippen LogP contribution in [0.4, 0.5) is 11.5 Å². The van der Waals surface area contributed by atoms with Crippen LogP contribution < -0.4 is 10.9 Å². The molecule has 0 unspecified atom stereocenters. The minimum atomic E-state index is -3.53. The molecular weight excluding hydrogens is 428 g/mol. The number of nitriles is 1. The lowest BCUT2D eigenvalue weighted by Crippen LogP contribution is -2.22. The molecular formula is C22H26N6O3S. The number of anilines is 2. The van der Waals surface area contributed by atoms with Crippen LogP contribution in [0.3, 0.4) is 0 Å². The molecule has 0 saturated heterocycles. The molecule has 1 aliphatic carbocycles.